The number of alkyl halides is 6. The van der Waals surface area contributed by atoms with Crippen molar-refractivity contribution in [1.29, 1.82) is 0 Å². The van der Waals surface area contributed by atoms with Crippen LogP contribution in [-0.2, 0) is 17.1 Å². The lowest BCUT2D eigenvalue weighted by molar-refractivity contribution is -0.143. The molecular formula is C18H11Cl2F6NO2. The molecule has 0 saturated heterocycles. The molecule has 0 aliphatic carbocycles. The van der Waals surface area contributed by atoms with Crippen molar-refractivity contribution in [3.63, 3.8) is 0 Å². The SMILES string of the molecule is COc1c(Cl)cc(Cl)cc1C=CC(=O)Nc1cc(C(F)(F)F)cc(C(F)(F)F)c1. The smallest absolute Gasteiger partial charge is 0.416 e. The Bertz CT molecular complexity index is 922. The third kappa shape index (κ3) is 6.04. The second kappa shape index (κ2) is 8.54. The van der Waals surface area contributed by atoms with Gasteiger partial charge in [0.2, 0.25) is 5.91 Å². The van der Waals surface area contributed by atoms with E-state index in [-0.39, 0.29) is 27.4 Å². The number of amides is 1. The number of carbonyl (C=O) groups is 1. The molecule has 1 N–H and O–H groups in total. The molecular weight excluding hydrogens is 447 g/mol. The normalized spacial score (nSPS) is 12.3. The van der Waals surface area contributed by atoms with E-state index >= 15 is 0 Å². The van der Waals surface area contributed by atoms with Crippen LogP contribution < -0.4 is 10.1 Å². The molecule has 0 aromatic heterocycles. The van der Waals surface area contributed by atoms with E-state index in [0.717, 1.165) is 6.08 Å². The number of rotatable bonds is 4. The van der Waals surface area contributed by atoms with Gasteiger partial charge in [-0.2, -0.15) is 26.3 Å². The van der Waals surface area contributed by atoms with Crippen LogP contribution in [-0.4, -0.2) is 13.0 Å². The van der Waals surface area contributed by atoms with E-state index < -0.39 is 35.1 Å². The van der Waals surface area contributed by atoms with Gasteiger partial charge in [-0.25, -0.2) is 0 Å². The monoisotopic (exact) mass is 457 g/mol. The van der Waals surface area contributed by atoms with Gasteiger partial charge >= 0.3 is 12.4 Å². The molecule has 0 aliphatic rings. The number of ether oxygens (including phenoxy) is 1. The lowest BCUT2D eigenvalue weighted by Gasteiger charge is -2.14. The topological polar surface area (TPSA) is 38.3 Å². The van der Waals surface area contributed by atoms with Gasteiger partial charge in [0.15, 0.2) is 0 Å². The summed E-state index contributed by atoms with van der Waals surface area (Å²) in [6.07, 6.45) is -7.97. The summed E-state index contributed by atoms with van der Waals surface area (Å²) in [5.74, 6) is -0.797. The highest BCUT2D eigenvalue weighted by molar-refractivity contribution is 6.36. The fourth-order valence-corrected chi connectivity index (χ4v) is 2.88. The van der Waals surface area contributed by atoms with E-state index in [2.05, 4.69) is 0 Å². The van der Waals surface area contributed by atoms with Gasteiger partial charge in [-0.3, -0.25) is 4.79 Å². The zero-order chi connectivity index (χ0) is 22.0. The summed E-state index contributed by atoms with van der Waals surface area (Å²) in [5.41, 5.74) is -3.48. The summed E-state index contributed by atoms with van der Waals surface area (Å²) in [4.78, 5) is 12.0. The van der Waals surface area contributed by atoms with Crippen LogP contribution in [0, 0.1) is 0 Å². The predicted octanol–water partition coefficient (Wildman–Crippen LogP) is 6.69. The van der Waals surface area contributed by atoms with Crippen molar-refractivity contribution < 1.29 is 35.9 Å². The highest BCUT2D eigenvalue weighted by Gasteiger charge is 2.37. The maximum atomic E-state index is 12.9. The lowest BCUT2D eigenvalue weighted by atomic mass is 10.1. The maximum absolute atomic E-state index is 12.9. The second-order valence-corrected chi connectivity index (χ2v) is 6.47. The molecule has 2 aromatic carbocycles. The first-order valence-corrected chi connectivity index (χ1v) is 8.38. The average molecular weight is 458 g/mol. The van der Waals surface area contributed by atoms with Crippen LogP contribution in [0.2, 0.25) is 10.0 Å². The number of methoxy groups -OCH3 is 1. The van der Waals surface area contributed by atoms with Crippen molar-refractivity contribution in [2.45, 2.75) is 12.4 Å². The van der Waals surface area contributed by atoms with E-state index in [1.54, 1.807) is 0 Å². The average Bonchev–Trinajstić information content (AvgIpc) is 2.57. The molecule has 0 saturated carbocycles. The van der Waals surface area contributed by atoms with Crippen molar-refractivity contribution in [3.8, 4) is 5.75 Å². The highest BCUT2D eigenvalue weighted by atomic mass is 35.5. The van der Waals surface area contributed by atoms with Crippen molar-refractivity contribution in [1.82, 2.24) is 0 Å². The number of hydrogen-bond acceptors (Lipinski definition) is 2. The summed E-state index contributed by atoms with van der Waals surface area (Å²) in [5, 5.41) is 2.34. The summed E-state index contributed by atoms with van der Waals surface area (Å²) >= 11 is 11.8. The Hall–Kier alpha value is -2.39. The Morgan fingerprint density at radius 1 is 0.966 bits per heavy atom. The number of halogens is 8. The first-order valence-electron chi connectivity index (χ1n) is 7.63. The molecule has 0 aliphatic heterocycles. The van der Waals surface area contributed by atoms with Gasteiger partial charge in [0, 0.05) is 22.3 Å². The van der Waals surface area contributed by atoms with Gasteiger partial charge in [-0.15, -0.1) is 0 Å². The molecule has 0 heterocycles. The van der Waals surface area contributed by atoms with Crippen molar-refractivity contribution in [2.75, 3.05) is 12.4 Å². The minimum Gasteiger partial charge on any atom is -0.495 e. The van der Waals surface area contributed by atoms with Crippen LogP contribution in [0.4, 0.5) is 32.0 Å². The lowest BCUT2D eigenvalue weighted by Crippen LogP contribution is -2.14. The van der Waals surface area contributed by atoms with E-state index in [4.69, 9.17) is 27.9 Å². The van der Waals surface area contributed by atoms with Gasteiger partial charge in [-0.05, 0) is 36.4 Å². The fraction of sp³-hybridized carbons (Fsp3) is 0.167. The van der Waals surface area contributed by atoms with Crippen LogP contribution in [0.3, 0.4) is 0 Å². The van der Waals surface area contributed by atoms with Crippen LogP contribution in [0.1, 0.15) is 16.7 Å². The molecule has 1 amide bonds. The summed E-state index contributed by atoms with van der Waals surface area (Å²) in [7, 11) is 1.31. The van der Waals surface area contributed by atoms with Crippen LogP contribution in [0.25, 0.3) is 6.08 Å². The molecule has 0 unspecified atom stereocenters. The second-order valence-electron chi connectivity index (χ2n) is 5.63. The van der Waals surface area contributed by atoms with E-state index in [0.29, 0.717) is 12.1 Å². The van der Waals surface area contributed by atoms with Crippen molar-refractivity contribution in [3.05, 3.63) is 63.1 Å². The molecule has 2 aromatic rings. The predicted molar refractivity (Wildman–Crippen MR) is 97.1 cm³/mol. The molecule has 2 rings (SSSR count). The zero-order valence-electron chi connectivity index (χ0n) is 14.4. The molecule has 11 heteroatoms. The molecule has 0 fully saturated rings. The third-order valence-corrected chi connectivity index (χ3v) is 4.01. The quantitative estimate of drug-likeness (QED) is 0.410. The molecule has 0 spiro atoms. The molecule has 0 bridgehead atoms. The Balaban J connectivity index is 2.33. The number of nitrogens with one attached hydrogen (secondary N) is 1. The summed E-state index contributed by atoms with van der Waals surface area (Å²) in [6, 6.07) is 3.56. The maximum Gasteiger partial charge on any atom is 0.416 e. The highest BCUT2D eigenvalue weighted by Crippen LogP contribution is 2.37. The molecule has 0 atom stereocenters. The minimum atomic E-state index is -5.03. The zero-order valence-corrected chi connectivity index (χ0v) is 15.9. The van der Waals surface area contributed by atoms with E-state index in [9.17, 15) is 31.1 Å². The van der Waals surface area contributed by atoms with Crippen LogP contribution in [0.5, 0.6) is 5.75 Å². The third-order valence-electron chi connectivity index (χ3n) is 3.51. The largest absolute Gasteiger partial charge is 0.495 e. The first-order chi connectivity index (χ1) is 13.3. The van der Waals surface area contributed by atoms with E-state index in [1.807, 2.05) is 5.32 Å². The molecule has 0 radical (unpaired) electrons. The summed E-state index contributed by atoms with van der Waals surface area (Å²) in [6.45, 7) is 0. The first kappa shape index (κ1) is 22.9. The Labute approximate surface area is 170 Å². The van der Waals surface area contributed by atoms with Crippen molar-refractivity contribution >= 4 is 40.9 Å². The number of hydrogen-bond donors (Lipinski definition) is 1. The van der Waals surface area contributed by atoms with Gasteiger partial charge < -0.3 is 10.1 Å². The van der Waals surface area contributed by atoms with E-state index in [1.165, 1.54) is 25.3 Å². The molecule has 156 valence electrons. The van der Waals surface area contributed by atoms with Gasteiger partial charge in [0.1, 0.15) is 5.75 Å². The Morgan fingerprint density at radius 2 is 1.52 bits per heavy atom. The molecule has 3 nitrogen and oxygen atoms in total. The van der Waals surface area contributed by atoms with Gasteiger partial charge in [0.05, 0.1) is 23.3 Å². The number of benzene rings is 2. The molecule has 29 heavy (non-hydrogen) atoms. The minimum absolute atomic E-state index is 0.0374. The van der Waals surface area contributed by atoms with Crippen LogP contribution in [0.15, 0.2) is 36.4 Å². The Kier molecular flexibility index (Phi) is 6.74. The summed E-state index contributed by atoms with van der Waals surface area (Å²) < 4.78 is 82.3. The number of anilines is 1. The number of carbonyl (C=O) groups excluding carboxylic acids is 1. The van der Waals surface area contributed by atoms with Crippen LogP contribution >= 0.6 is 23.2 Å². The van der Waals surface area contributed by atoms with Gasteiger partial charge in [-0.1, -0.05) is 23.2 Å². The van der Waals surface area contributed by atoms with Crippen molar-refractivity contribution in [2.24, 2.45) is 0 Å². The fourth-order valence-electron chi connectivity index (χ4n) is 2.30. The van der Waals surface area contributed by atoms with Gasteiger partial charge in [0.25, 0.3) is 0 Å². The Morgan fingerprint density at radius 3 is 2.00 bits per heavy atom. The standard InChI is InChI=1S/C18H11Cl2F6NO2/c1-29-16-9(4-12(19)8-14(16)20)2-3-15(28)27-13-6-10(17(21,22)23)5-11(7-13)18(24,25)26/h2-8H,1H3,(H,27,28).